The normalized spacial score (nSPS) is 11.0. The van der Waals surface area contributed by atoms with E-state index >= 15 is 0 Å². The van der Waals surface area contributed by atoms with Gasteiger partial charge in [-0.05, 0) is 61.4 Å². The Hall–Kier alpha value is -3.46. The molecule has 30 heavy (non-hydrogen) atoms. The molecular formula is C21H18FN5O2S. The number of carbonyl (C=O) groups excluding carboxylic acids is 1. The average Bonchev–Trinajstić information content (AvgIpc) is 3.11. The number of nitrogens with one attached hydrogen (secondary N) is 1. The van der Waals surface area contributed by atoms with E-state index in [0.717, 1.165) is 16.8 Å². The number of amides is 1. The van der Waals surface area contributed by atoms with Crippen molar-refractivity contribution in [2.75, 3.05) is 11.1 Å². The van der Waals surface area contributed by atoms with Crippen LogP contribution in [0.2, 0.25) is 0 Å². The van der Waals surface area contributed by atoms with E-state index in [1.54, 1.807) is 12.4 Å². The summed E-state index contributed by atoms with van der Waals surface area (Å²) in [5, 5.41) is 11.3. The Labute approximate surface area is 175 Å². The van der Waals surface area contributed by atoms with Gasteiger partial charge in [-0.15, -0.1) is 10.2 Å². The average molecular weight is 423 g/mol. The van der Waals surface area contributed by atoms with Gasteiger partial charge in [-0.3, -0.25) is 18.6 Å². The summed E-state index contributed by atoms with van der Waals surface area (Å²) in [7, 11) is 0. The monoisotopic (exact) mass is 423 g/mol. The fourth-order valence-corrected chi connectivity index (χ4v) is 3.86. The summed E-state index contributed by atoms with van der Waals surface area (Å²) in [5.41, 5.74) is 3.14. The number of rotatable bonds is 5. The lowest BCUT2D eigenvalue weighted by Crippen LogP contribution is -2.20. The summed E-state index contributed by atoms with van der Waals surface area (Å²) in [6.45, 7) is 3.94. The second-order valence-electron chi connectivity index (χ2n) is 6.84. The Balaban J connectivity index is 1.51. The van der Waals surface area contributed by atoms with E-state index in [2.05, 4.69) is 15.5 Å². The molecule has 4 aromatic rings. The number of aromatic nitrogens is 4. The van der Waals surface area contributed by atoms with Gasteiger partial charge in [0.25, 0.3) is 0 Å². The third kappa shape index (κ3) is 4.11. The standard InChI is InChI=1S/C21H18FN5O2S/c1-13-9-14(2)11-16(10-13)23-18(28)12-30-21-25-24-19-20(29)26(7-8-27(19)21)17-5-3-15(22)4-6-17/h3-11H,12H2,1-2H3,(H,23,28). The molecule has 0 spiro atoms. The zero-order chi connectivity index (χ0) is 21.3. The lowest BCUT2D eigenvalue weighted by molar-refractivity contribution is -0.113. The number of hydrogen-bond acceptors (Lipinski definition) is 5. The first-order valence-electron chi connectivity index (χ1n) is 9.14. The first kappa shape index (κ1) is 19.8. The highest BCUT2D eigenvalue weighted by molar-refractivity contribution is 7.99. The van der Waals surface area contributed by atoms with Crippen molar-refractivity contribution in [1.29, 1.82) is 0 Å². The summed E-state index contributed by atoms with van der Waals surface area (Å²) in [4.78, 5) is 25.0. The van der Waals surface area contributed by atoms with Crippen molar-refractivity contribution in [1.82, 2.24) is 19.2 Å². The second kappa shape index (κ2) is 8.11. The Morgan fingerprint density at radius 2 is 1.77 bits per heavy atom. The van der Waals surface area contributed by atoms with E-state index in [4.69, 9.17) is 0 Å². The molecule has 2 aromatic heterocycles. The molecule has 2 aromatic carbocycles. The minimum absolute atomic E-state index is 0.120. The maximum Gasteiger partial charge on any atom is 0.300 e. The maximum atomic E-state index is 13.1. The molecule has 4 rings (SSSR count). The molecule has 2 heterocycles. The number of halogens is 1. The van der Waals surface area contributed by atoms with Gasteiger partial charge in [0.1, 0.15) is 5.82 Å². The van der Waals surface area contributed by atoms with Gasteiger partial charge >= 0.3 is 5.56 Å². The minimum Gasteiger partial charge on any atom is -0.325 e. The van der Waals surface area contributed by atoms with Gasteiger partial charge in [0.15, 0.2) is 5.16 Å². The molecule has 0 saturated heterocycles. The molecule has 1 amide bonds. The summed E-state index contributed by atoms with van der Waals surface area (Å²) < 4.78 is 16.0. The number of anilines is 1. The van der Waals surface area contributed by atoms with Gasteiger partial charge in [-0.25, -0.2) is 4.39 Å². The molecule has 0 aliphatic rings. The molecule has 0 unspecified atom stereocenters. The molecule has 0 fully saturated rings. The molecule has 0 atom stereocenters. The van der Waals surface area contributed by atoms with Crippen molar-refractivity contribution in [2.45, 2.75) is 19.0 Å². The Morgan fingerprint density at radius 3 is 2.47 bits per heavy atom. The number of benzene rings is 2. The first-order chi connectivity index (χ1) is 14.4. The van der Waals surface area contributed by atoms with E-state index in [-0.39, 0.29) is 28.7 Å². The second-order valence-corrected chi connectivity index (χ2v) is 7.78. The predicted molar refractivity (Wildman–Crippen MR) is 114 cm³/mol. The van der Waals surface area contributed by atoms with Crippen LogP contribution in [0.1, 0.15) is 11.1 Å². The van der Waals surface area contributed by atoms with E-state index in [9.17, 15) is 14.0 Å². The SMILES string of the molecule is Cc1cc(C)cc(NC(=O)CSc2nnc3c(=O)n(-c4ccc(F)cc4)ccn23)c1. The molecule has 152 valence electrons. The van der Waals surface area contributed by atoms with Crippen LogP contribution in [0.15, 0.2) is 64.8 Å². The summed E-state index contributed by atoms with van der Waals surface area (Å²) in [5.74, 6) is -0.441. The third-order valence-corrected chi connectivity index (χ3v) is 5.33. The zero-order valence-electron chi connectivity index (χ0n) is 16.3. The number of carbonyl (C=O) groups is 1. The lowest BCUT2D eigenvalue weighted by Gasteiger charge is -2.08. The number of fused-ring (bicyclic) bond motifs is 1. The first-order valence-corrected chi connectivity index (χ1v) is 10.1. The highest BCUT2D eigenvalue weighted by Gasteiger charge is 2.14. The van der Waals surface area contributed by atoms with Crippen molar-refractivity contribution < 1.29 is 9.18 Å². The molecule has 0 radical (unpaired) electrons. The fourth-order valence-electron chi connectivity index (χ4n) is 3.14. The van der Waals surface area contributed by atoms with Crippen LogP contribution >= 0.6 is 11.8 Å². The van der Waals surface area contributed by atoms with Crippen LogP contribution in [-0.2, 0) is 4.79 Å². The Morgan fingerprint density at radius 1 is 1.07 bits per heavy atom. The smallest absolute Gasteiger partial charge is 0.300 e. The van der Waals surface area contributed by atoms with Gasteiger partial charge in [0.2, 0.25) is 11.6 Å². The van der Waals surface area contributed by atoms with Crippen LogP contribution in [0.4, 0.5) is 10.1 Å². The molecular weight excluding hydrogens is 405 g/mol. The molecule has 7 nitrogen and oxygen atoms in total. The number of thioether (sulfide) groups is 1. The van der Waals surface area contributed by atoms with Crippen molar-refractivity contribution >= 4 is 29.0 Å². The largest absolute Gasteiger partial charge is 0.325 e. The van der Waals surface area contributed by atoms with Crippen molar-refractivity contribution in [3.8, 4) is 5.69 Å². The summed E-state index contributed by atoms with van der Waals surface area (Å²) >= 11 is 1.18. The van der Waals surface area contributed by atoms with Crippen LogP contribution in [0.3, 0.4) is 0 Å². The van der Waals surface area contributed by atoms with Gasteiger partial charge in [0.05, 0.1) is 5.75 Å². The third-order valence-electron chi connectivity index (χ3n) is 4.38. The quantitative estimate of drug-likeness (QED) is 0.498. The molecule has 0 bridgehead atoms. The number of nitrogens with zero attached hydrogens (tertiary/aromatic N) is 4. The van der Waals surface area contributed by atoms with Crippen LogP contribution in [0.25, 0.3) is 11.3 Å². The van der Waals surface area contributed by atoms with Gasteiger partial charge < -0.3 is 5.32 Å². The van der Waals surface area contributed by atoms with Gasteiger partial charge in [-0.2, -0.15) is 0 Å². The summed E-state index contributed by atoms with van der Waals surface area (Å²) in [6.07, 6.45) is 3.20. The van der Waals surface area contributed by atoms with E-state index in [1.165, 1.54) is 45.0 Å². The minimum atomic E-state index is -0.386. The molecule has 0 aliphatic carbocycles. The maximum absolute atomic E-state index is 13.1. The molecule has 9 heteroatoms. The van der Waals surface area contributed by atoms with Crippen molar-refractivity contribution in [3.05, 3.63) is 82.2 Å². The number of aryl methyl sites for hydroxylation is 2. The zero-order valence-corrected chi connectivity index (χ0v) is 17.1. The van der Waals surface area contributed by atoms with Crippen LogP contribution in [-0.4, -0.2) is 30.8 Å². The van der Waals surface area contributed by atoms with E-state index in [1.807, 2.05) is 32.0 Å². The summed E-state index contributed by atoms with van der Waals surface area (Å²) in [6, 6.07) is 11.4. The van der Waals surface area contributed by atoms with Crippen LogP contribution < -0.4 is 10.9 Å². The van der Waals surface area contributed by atoms with Crippen LogP contribution in [0.5, 0.6) is 0 Å². The highest BCUT2D eigenvalue weighted by Crippen LogP contribution is 2.18. The Bertz CT molecular complexity index is 1280. The van der Waals surface area contributed by atoms with E-state index < -0.39 is 0 Å². The topological polar surface area (TPSA) is 81.3 Å². The fraction of sp³-hybridized carbons (Fsp3) is 0.143. The van der Waals surface area contributed by atoms with E-state index in [0.29, 0.717) is 10.8 Å². The van der Waals surface area contributed by atoms with Gasteiger partial charge in [0, 0.05) is 23.8 Å². The van der Waals surface area contributed by atoms with Crippen molar-refractivity contribution in [2.24, 2.45) is 0 Å². The predicted octanol–water partition coefficient (Wildman–Crippen LogP) is 3.37. The molecule has 0 saturated carbocycles. The number of hydrogen-bond donors (Lipinski definition) is 1. The molecule has 1 N–H and O–H groups in total. The lowest BCUT2D eigenvalue weighted by atomic mass is 10.1. The van der Waals surface area contributed by atoms with Gasteiger partial charge in [-0.1, -0.05) is 17.8 Å². The molecule has 0 aliphatic heterocycles. The highest BCUT2D eigenvalue weighted by atomic mass is 32.2. The van der Waals surface area contributed by atoms with Crippen LogP contribution in [0, 0.1) is 19.7 Å². The Kier molecular flexibility index (Phi) is 5.37. The van der Waals surface area contributed by atoms with Crippen molar-refractivity contribution in [3.63, 3.8) is 0 Å².